The highest BCUT2D eigenvalue weighted by molar-refractivity contribution is 9.11. The van der Waals surface area contributed by atoms with E-state index in [1.807, 2.05) is 10.9 Å². The van der Waals surface area contributed by atoms with Gasteiger partial charge < -0.3 is 5.32 Å². The number of aryl methyl sites for hydroxylation is 1. The molecule has 18 heavy (non-hydrogen) atoms. The summed E-state index contributed by atoms with van der Waals surface area (Å²) in [5, 5.41) is 10.1. The number of nitrogens with zero attached hydrogens (tertiary/aromatic N) is 2. The number of hydrogen-bond acceptors (Lipinski definition) is 3. The van der Waals surface area contributed by atoms with Crippen LogP contribution >= 0.6 is 43.2 Å². The van der Waals surface area contributed by atoms with Crippen molar-refractivity contribution in [2.24, 2.45) is 0 Å². The third-order valence-corrected chi connectivity index (χ3v) is 4.87. The van der Waals surface area contributed by atoms with Crippen LogP contribution in [0.5, 0.6) is 0 Å². The van der Waals surface area contributed by atoms with Crippen molar-refractivity contribution in [1.82, 2.24) is 15.1 Å². The average molecular weight is 393 g/mol. The van der Waals surface area contributed by atoms with Crippen LogP contribution in [0.3, 0.4) is 0 Å². The van der Waals surface area contributed by atoms with Gasteiger partial charge in [0.1, 0.15) is 0 Å². The molecular formula is C12H15Br2N3S. The fraction of sp³-hybridized carbons (Fsp3) is 0.417. The Labute approximate surface area is 128 Å². The molecule has 0 aliphatic carbocycles. The normalized spacial score (nSPS) is 12.9. The first-order valence-electron chi connectivity index (χ1n) is 5.85. The highest BCUT2D eigenvalue weighted by Crippen LogP contribution is 2.32. The zero-order valence-corrected chi connectivity index (χ0v) is 14.3. The number of hydrogen-bond donors (Lipinski definition) is 1. The smallest absolute Gasteiger partial charge is 0.0768 e. The van der Waals surface area contributed by atoms with E-state index in [-0.39, 0.29) is 6.04 Å². The van der Waals surface area contributed by atoms with Gasteiger partial charge in [0.25, 0.3) is 0 Å². The van der Waals surface area contributed by atoms with Gasteiger partial charge in [-0.2, -0.15) is 5.10 Å². The lowest BCUT2D eigenvalue weighted by Crippen LogP contribution is -2.24. The van der Waals surface area contributed by atoms with Crippen LogP contribution in [-0.4, -0.2) is 16.3 Å². The summed E-state index contributed by atoms with van der Waals surface area (Å²) in [7, 11) is 0. The molecular weight excluding hydrogens is 378 g/mol. The summed E-state index contributed by atoms with van der Waals surface area (Å²) in [4.78, 5) is 0. The van der Waals surface area contributed by atoms with Gasteiger partial charge in [-0.3, -0.25) is 4.68 Å². The molecule has 0 aromatic carbocycles. The second-order valence-corrected chi connectivity index (χ2v) is 7.01. The van der Waals surface area contributed by atoms with Gasteiger partial charge in [-0.15, -0.1) is 11.3 Å². The maximum Gasteiger partial charge on any atom is 0.0768 e. The second kappa shape index (κ2) is 6.32. The summed E-state index contributed by atoms with van der Waals surface area (Å²) >= 11 is 8.83. The number of aromatic nitrogens is 2. The van der Waals surface area contributed by atoms with Gasteiger partial charge in [-0.1, -0.05) is 6.92 Å². The van der Waals surface area contributed by atoms with Gasteiger partial charge in [-0.25, -0.2) is 0 Å². The third-order valence-electron chi connectivity index (χ3n) is 2.74. The molecule has 2 aromatic heterocycles. The van der Waals surface area contributed by atoms with Gasteiger partial charge in [-0.05, 0) is 62.3 Å². The molecule has 0 saturated heterocycles. The minimum Gasteiger partial charge on any atom is -0.305 e. The second-order valence-electron chi connectivity index (χ2n) is 3.87. The largest absolute Gasteiger partial charge is 0.305 e. The van der Waals surface area contributed by atoms with Crippen molar-refractivity contribution in [3.05, 3.63) is 37.2 Å². The predicted octanol–water partition coefficient (Wildman–Crippen LogP) is 4.19. The van der Waals surface area contributed by atoms with E-state index in [1.54, 1.807) is 11.3 Å². The molecule has 98 valence electrons. The Kier molecular flexibility index (Phi) is 5.00. The molecule has 1 atom stereocenters. The van der Waals surface area contributed by atoms with Crippen LogP contribution in [0.4, 0.5) is 0 Å². The summed E-state index contributed by atoms with van der Waals surface area (Å²) in [6.45, 7) is 6.01. The standard InChI is InChI=1S/C12H15Br2N3S/c1-3-15-11(8-5-10(14)18-7-8)12-9(13)6-16-17(12)4-2/h5-7,11,15H,3-4H2,1-2H3. The molecule has 1 N–H and O–H groups in total. The van der Waals surface area contributed by atoms with Gasteiger partial charge >= 0.3 is 0 Å². The number of nitrogens with one attached hydrogen (secondary N) is 1. The van der Waals surface area contributed by atoms with Crippen LogP contribution in [0.2, 0.25) is 0 Å². The zero-order valence-electron chi connectivity index (χ0n) is 10.3. The maximum absolute atomic E-state index is 4.39. The SMILES string of the molecule is CCNC(c1csc(Br)c1)c1c(Br)cnn1CC. The summed E-state index contributed by atoms with van der Waals surface area (Å²) in [5.41, 5.74) is 2.45. The van der Waals surface area contributed by atoms with Crippen LogP contribution in [0, 0.1) is 0 Å². The first-order valence-corrected chi connectivity index (χ1v) is 8.32. The molecule has 0 aliphatic rings. The van der Waals surface area contributed by atoms with Crippen LogP contribution in [0.1, 0.15) is 31.1 Å². The van der Waals surface area contributed by atoms with Crippen molar-refractivity contribution in [2.45, 2.75) is 26.4 Å². The fourth-order valence-corrected chi connectivity index (χ4v) is 3.69. The maximum atomic E-state index is 4.39. The monoisotopic (exact) mass is 391 g/mol. The van der Waals surface area contributed by atoms with E-state index in [1.165, 1.54) is 11.3 Å². The van der Waals surface area contributed by atoms with Crippen LogP contribution in [-0.2, 0) is 6.54 Å². The lowest BCUT2D eigenvalue weighted by molar-refractivity contribution is 0.541. The Morgan fingerprint density at radius 3 is 2.78 bits per heavy atom. The van der Waals surface area contributed by atoms with Crippen LogP contribution < -0.4 is 5.32 Å². The van der Waals surface area contributed by atoms with Gasteiger partial charge in [0.2, 0.25) is 0 Å². The van der Waals surface area contributed by atoms with Crippen molar-refractivity contribution in [1.29, 1.82) is 0 Å². The Morgan fingerprint density at radius 2 is 2.22 bits per heavy atom. The van der Waals surface area contributed by atoms with Crippen LogP contribution in [0.25, 0.3) is 0 Å². The Balaban J connectivity index is 2.43. The molecule has 2 aromatic rings. The van der Waals surface area contributed by atoms with Crippen LogP contribution in [0.15, 0.2) is 25.9 Å². The molecule has 1 unspecified atom stereocenters. The molecule has 0 saturated carbocycles. The Morgan fingerprint density at radius 1 is 1.44 bits per heavy atom. The minimum absolute atomic E-state index is 0.175. The van der Waals surface area contributed by atoms with Crippen molar-refractivity contribution >= 4 is 43.2 Å². The number of rotatable bonds is 5. The Hall–Kier alpha value is -0.170. The van der Waals surface area contributed by atoms with E-state index < -0.39 is 0 Å². The quantitative estimate of drug-likeness (QED) is 0.826. The van der Waals surface area contributed by atoms with E-state index in [0.29, 0.717) is 0 Å². The Bertz CT molecular complexity index is 521. The fourth-order valence-electron chi connectivity index (χ4n) is 1.96. The third kappa shape index (κ3) is 2.87. The zero-order chi connectivity index (χ0) is 13.1. The van der Waals surface area contributed by atoms with E-state index in [2.05, 4.69) is 67.6 Å². The summed E-state index contributed by atoms with van der Waals surface area (Å²) in [6, 6.07) is 2.34. The van der Waals surface area contributed by atoms with E-state index in [4.69, 9.17) is 0 Å². The van der Waals surface area contributed by atoms with E-state index >= 15 is 0 Å². The molecule has 0 amide bonds. The molecule has 0 fully saturated rings. The minimum atomic E-state index is 0.175. The van der Waals surface area contributed by atoms with Crippen molar-refractivity contribution < 1.29 is 0 Å². The summed E-state index contributed by atoms with van der Waals surface area (Å²) in [6.07, 6.45) is 1.87. The van der Waals surface area contributed by atoms with Crippen molar-refractivity contribution in [3.63, 3.8) is 0 Å². The molecule has 6 heteroatoms. The average Bonchev–Trinajstić information content (AvgIpc) is 2.93. The predicted molar refractivity (Wildman–Crippen MR) is 83.1 cm³/mol. The molecule has 0 bridgehead atoms. The highest BCUT2D eigenvalue weighted by atomic mass is 79.9. The molecule has 0 radical (unpaired) electrons. The summed E-state index contributed by atoms with van der Waals surface area (Å²) in [5.74, 6) is 0. The van der Waals surface area contributed by atoms with Gasteiger partial charge in [0.15, 0.2) is 0 Å². The number of halogens is 2. The lowest BCUT2D eigenvalue weighted by Gasteiger charge is -2.19. The van der Waals surface area contributed by atoms with Crippen molar-refractivity contribution in [2.75, 3.05) is 6.54 Å². The topological polar surface area (TPSA) is 29.9 Å². The molecule has 0 spiro atoms. The first-order chi connectivity index (χ1) is 8.67. The molecule has 2 heterocycles. The number of thiophene rings is 1. The van der Waals surface area contributed by atoms with Crippen molar-refractivity contribution in [3.8, 4) is 0 Å². The van der Waals surface area contributed by atoms with Gasteiger partial charge in [0.05, 0.1) is 26.2 Å². The summed E-state index contributed by atoms with van der Waals surface area (Å²) < 4.78 is 4.24. The lowest BCUT2D eigenvalue weighted by atomic mass is 10.1. The van der Waals surface area contributed by atoms with E-state index in [0.717, 1.165) is 21.3 Å². The first kappa shape index (κ1) is 14.2. The highest BCUT2D eigenvalue weighted by Gasteiger charge is 2.21. The molecule has 0 aliphatic heterocycles. The molecule has 2 rings (SSSR count). The van der Waals surface area contributed by atoms with Gasteiger partial charge in [0, 0.05) is 6.54 Å². The van der Waals surface area contributed by atoms with E-state index in [9.17, 15) is 0 Å². The molecule has 3 nitrogen and oxygen atoms in total.